The molecule has 0 N–H and O–H groups in total. The molecule has 0 aromatic carbocycles. The molecule has 1 aliphatic carbocycles. The first-order chi connectivity index (χ1) is 7.84. The Balaban J connectivity index is -0.0000000483. The van der Waals surface area contributed by atoms with Gasteiger partial charge in [-0.05, 0) is 12.1 Å². The molecule has 2 rings (SSSR count). The van der Waals surface area contributed by atoms with Crippen molar-refractivity contribution in [3.63, 3.8) is 0 Å². The zero-order valence-corrected chi connectivity index (χ0v) is 18.3. The van der Waals surface area contributed by atoms with E-state index >= 15 is 0 Å². The molecule has 0 bridgehead atoms. The van der Waals surface area contributed by atoms with Gasteiger partial charge in [0.05, 0.1) is 13.0 Å². The van der Waals surface area contributed by atoms with Crippen LogP contribution in [0.1, 0.15) is 25.7 Å². The summed E-state index contributed by atoms with van der Waals surface area (Å²) in [6.45, 7) is 0. The number of esters is 1. The number of hydrogen-bond donors (Lipinski definition) is 0. The second-order valence-corrected chi connectivity index (χ2v) is 3.69. The van der Waals surface area contributed by atoms with E-state index in [4.69, 9.17) is 0 Å². The van der Waals surface area contributed by atoms with Crippen LogP contribution in [0.25, 0.3) is 0 Å². The molecule has 0 aliphatic heterocycles. The van der Waals surface area contributed by atoms with Crippen molar-refractivity contribution in [3.05, 3.63) is 37.0 Å². The molecule has 0 radical (unpaired) electrons. The normalized spacial score (nSPS) is 11.5. The van der Waals surface area contributed by atoms with Gasteiger partial charge in [-0.15, -0.1) is 0 Å². The van der Waals surface area contributed by atoms with Crippen molar-refractivity contribution in [2.75, 3.05) is 7.11 Å². The summed E-state index contributed by atoms with van der Waals surface area (Å²) in [7, 11) is 1.46. The van der Waals surface area contributed by atoms with Gasteiger partial charge in [0.2, 0.25) is 0 Å². The van der Waals surface area contributed by atoms with Gasteiger partial charge in [-0.1, -0.05) is 18.9 Å². The molecule has 0 spiro atoms. The predicted octanol–water partition coefficient (Wildman–Crippen LogP) is -12.7. The molecule has 22 heavy (non-hydrogen) atoms. The van der Waals surface area contributed by atoms with Gasteiger partial charge in [-0.25, -0.2) is 0 Å². The topological polar surface area (TPSA) is 39.2 Å². The zero-order chi connectivity index (χ0) is 11.6. The molecule has 128 valence electrons. The number of aromatic nitrogens is 1. The summed E-state index contributed by atoms with van der Waals surface area (Å²) >= 11 is 0. The largest absolute Gasteiger partial charge is 5.00 e. The molecule has 3 nitrogen and oxygen atoms in total. The number of nitrogens with zero attached hydrogens (tertiary/aromatic N) is 1. The number of ether oxygens (including phenoxy) is 1. The van der Waals surface area contributed by atoms with Crippen molar-refractivity contribution in [2.24, 2.45) is 5.92 Å². The van der Waals surface area contributed by atoms with Crippen molar-refractivity contribution >= 4 is 30.4 Å². The quantitative estimate of drug-likeness (QED) is 0.210. The number of halogens is 5. The summed E-state index contributed by atoms with van der Waals surface area (Å²) in [4.78, 5) is 14.7. The van der Waals surface area contributed by atoms with Gasteiger partial charge in [0, 0.05) is 12.4 Å². The van der Waals surface area contributed by atoms with Gasteiger partial charge in [0.1, 0.15) is 0 Å². The Labute approximate surface area is 181 Å². The monoisotopic (exact) mass is 516 g/mol. The Bertz CT molecular complexity index is 277. The molecule has 9 heteroatoms. The van der Waals surface area contributed by atoms with E-state index in [9.17, 15) is 4.79 Å². The van der Waals surface area contributed by atoms with Crippen LogP contribution in [-0.2, 0) is 9.53 Å². The molecule has 1 fully saturated rings. The van der Waals surface area contributed by atoms with Crippen LogP contribution in [-0.4, -0.2) is 42.5 Å². The van der Waals surface area contributed by atoms with E-state index in [2.05, 4.69) is 16.1 Å². The summed E-state index contributed by atoms with van der Waals surface area (Å²) < 4.78 is 4.64. The zero-order valence-electron chi connectivity index (χ0n) is 12.0. The Kier molecular flexibility index (Phi) is 46.8. The van der Waals surface area contributed by atoms with Crippen LogP contribution in [0.3, 0.4) is 0 Å². The third kappa shape index (κ3) is 18.9. The molecule has 1 saturated carbocycles. The molecule has 0 amide bonds. The SMILES string of the molecule is COC(=O)C1CC[CH-]CC1.[Cl-].[Cl-].[Cl-].[Cl-].[Cl-].[Sb+5].c1ccncc1. The summed E-state index contributed by atoms with van der Waals surface area (Å²) in [6.07, 6.45) is 9.83. The van der Waals surface area contributed by atoms with E-state index in [-0.39, 0.29) is 98.4 Å². The average Bonchev–Trinajstić information content (AvgIpc) is 2.41. The Morgan fingerprint density at radius 2 is 1.45 bits per heavy atom. The molecule has 0 unspecified atom stereocenters. The van der Waals surface area contributed by atoms with Crippen molar-refractivity contribution in [1.29, 1.82) is 0 Å². The van der Waals surface area contributed by atoms with E-state index in [0.29, 0.717) is 0 Å². The number of pyridine rings is 1. The molecule has 1 aromatic rings. The number of hydrogen-bond acceptors (Lipinski definition) is 3. The number of carbonyl (C=O) groups is 1. The van der Waals surface area contributed by atoms with E-state index in [1.807, 2.05) is 18.2 Å². The van der Waals surface area contributed by atoms with E-state index in [0.717, 1.165) is 25.7 Å². The minimum atomic E-state index is -0.0342. The number of rotatable bonds is 1. The molecular formula is C13H18Cl5NO2Sb-. The molecule has 1 aliphatic rings. The smallest absolute Gasteiger partial charge is 1.00 e. The van der Waals surface area contributed by atoms with Crippen LogP contribution in [0.4, 0.5) is 0 Å². The van der Waals surface area contributed by atoms with Gasteiger partial charge in [0.15, 0.2) is 0 Å². The van der Waals surface area contributed by atoms with Crippen molar-refractivity contribution < 1.29 is 71.6 Å². The summed E-state index contributed by atoms with van der Waals surface area (Å²) in [5.74, 6) is 0.142. The first-order valence-corrected chi connectivity index (χ1v) is 5.59. The van der Waals surface area contributed by atoms with E-state index < -0.39 is 0 Å². The first kappa shape index (κ1) is 38.4. The van der Waals surface area contributed by atoms with Gasteiger partial charge >= 0.3 is 30.4 Å². The fourth-order valence-corrected chi connectivity index (χ4v) is 1.64. The van der Waals surface area contributed by atoms with Gasteiger partial charge in [-0.2, -0.15) is 12.8 Å². The minimum absolute atomic E-state index is 0. The van der Waals surface area contributed by atoms with Crippen LogP contribution in [0, 0.1) is 12.3 Å². The minimum Gasteiger partial charge on any atom is -1.00 e. The molecule has 0 atom stereocenters. The number of carbonyl (C=O) groups excluding carboxylic acids is 1. The summed E-state index contributed by atoms with van der Waals surface area (Å²) in [5.41, 5.74) is 0. The van der Waals surface area contributed by atoms with Crippen molar-refractivity contribution in [1.82, 2.24) is 4.98 Å². The van der Waals surface area contributed by atoms with Crippen molar-refractivity contribution in [3.8, 4) is 0 Å². The van der Waals surface area contributed by atoms with Crippen LogP contribution in [0.5, 0.6) is 0 Å². The van der Waals surface area contributed by atoms with E-state index in [1.165, 1.54) is 7.11 Å². The fourth-order valence-electron chi connectivity index (χ4n) is 1.64. The maximum absolute atomic E-state index is 10.9. The first-order valence-electron chi connectivity index (χ1n) is 5.59. The molecule has 0 saturated heterocycles. The molecule has 1 aromatic heterocycles. The van der Waals surface area contributed by atoms with E-state index in [1.54, 1.807) is 12.4 Å². The van der Waals surface area contributed by atoms with Crippen LogP contribution in [0.2, 0.25) is 0 Å². The molecule has 1 heterocycles. The third-order valence-corrected chi connectivity index (χ3v) is 2.54. The predicted molar refractivity (Wildman–Crippen MR) is 68.3 cm³/mol. The Morgan fingerprint density at radius 3 is 1.73 bits per heavy atom. The Morgan fingerprint density at radius 1 is 1.00 bits per heavy atom. The van der Waals surface area contributed by atoms with Crippen molar-refractivity contribution in [2.45, 2.75) is 25.7 Å². The summed E-state index contributed by atoms with van der Waals surface area (Å²) in [5, 5.41) is 0. The number of methoxy groups -OCH3 is 1. The van der Waals surface area contributed by atoms with Gasteiger partial charge in [0.25, 0.3) is 0 Å². The fraction of sp³-hybridized carbons (Fsp3) is 0.462. The van der Waals surface area contributed by atoms with Gasteiger partial charge < -0.3 is 73.2 Å². The van der Waals surface area contributed by atoms with Crippen LogP contribution in [0.15, 0.2) is 30.6 Å². The average molecular weight is 519 g/mol. The second kappa shape index (κ2) is 26.8. The molecular weight excluding hydrogens is 501 g/mol. The van der Waals surface area contributed by atoms with Crippen LogP contribution >= 0.6 is 0 Å². The maximum atomic E-state index is 10.9. The Hall–Kier alpha value is 0.888. The van der Waals surface area contributed by atoms with Crippen LogP contribution < -0.4 is 62.0 Å². The summed E-state index contributed by atoms with van der Waals surface area (Å²) in [6, 6.07) is 5.72. The third-order valence-electron chi connectivity index (χ3n) is 2.54. The van der Waals surface area contributed by atoms with Gasteiger partial charge in [-0.3, -0.25) is 9.78 Å². The standard InChI is InChI=1S/C8H13O2.C5H5N.5ClH.Sb/c1-10-8(9)7-5-3-2-4-6-7;1-2-4-6-5-3-1;;;;;;/h2,7H,3-6H2,1H3;1-5H;5*1H;/q-1;;;;;;;+5/p-5. The maximum Gasteiger partial charge on any atom is 5.00 e. The second-order valence-electron chi connectivity index (χ2n) is 3.69.